The van der Waals surface area contributed by atoms with Gasteiger partial charge in [0.15, 0.2) is 11.5 Å². The number of hydrogen-bond acceptors (Lipinski definition) is 3. The highest BCUT2D eigenvalue weighted by molar-refractivity contribution is 6.06. The molecule has 0 N–H and O–H groups in total. The molecule has 2 aliphatic rings. The van der Waals surface area contributed by atoms with Crippen molar-refractivity contribution in [3.05, 3.63) is 84.4 Å². The van der Waals surface area contributed by atoms with Crippen LogP contribution in [0.1, 0.15) is 18.0 Å². The summed E-state index contributed by atoms with van der Waals surface area (Å²) in [4.78, 5) is 7.17. The van der Waals surface area contributed by atoms with E-state index in [0.29, 0.717) is 13.2 Å². The van der Waals surface area contributed by atoms with Crippen LogP contribution >= 0.6 is 0 Å². The zero-order chi connectivity index (χ0) is 18.1. The molecule has 4 heteroatoms. The van der Waals surface area contributed by atoms with Crippen LogP contribution in [0.4, 0.5) is 11.4 Å². The summed E-state index contributed by atoms with van der Waals surface area (Å²) in [6, 6.07) is 27.1. The third-order valence-electron chi connectivity index (χ3n) is 4.97. The fourth-order valence-corrected chi connectivity index (χ4v) is 3.63. The average molecular weight is 356 g/mol. The molecule has 0 aromatic heterocycles. The summed E-state index contributed by atoms with van der Waals surface area (Å²) < 4.78 is 11.5. The van der Waals surface area contributed by atoms with Gasteiger partial charge in [0.05, 0.1) is 11.7 Å². The van der Waals surface area contributed by atoms with Gasteiger partial charge in [0.2, 0.25) is 0 Å². The standard InChI is InChI=1S/C23H20N2O2/c1-3-7-17(8-4-1)20-16-23(24-18-9-5-2-6-10-18)25(20)19-11-12-21-22(15-19)27-14-13-26-21/h1-12,15,20H,13-14,16H2. The molecule has 0 amide bonds. The molecule has 134 valence electrons. The zero-order valence-electron chi connectivity index (χ0n) is 14.9. The molecule has 1 atom stereocenters. The highest BCUT2D eigenvalue weighted by atomic mass is 16.6. The van der Waals surface area contributed by atoms with Gasteiger partial charge in [-0.1, -0.05) is 48.5 Å². The maximum absolute atomic E-state index is 5.79. The van der Waals surface area contributed by atoms with Gasteiger partial charge in [0.25, 0.3) is 0 Å². The van der Waals surface area contributed by atoms with E-state index < -0.39 is 0 Å². The Morgan fingerprint density at radius 3 is 2.26 bits per heavy atom. The quantitative estimate of drug-likeness (QED) is 0.652. The molecule has 0 saturated carbocycles. The van der Waals surface area contributed by atoms with Crippen LogP contribution in [0.2, 0.25) is 0 Å². The van der Waals surface area contributed by atoms with Crippen molar-refractivity contribution in [3.8, 4) is 11.5 Å². The molecule has 1 fully saturated rings. The van der Waals surface area contributed by atoms with E-state index in [0.717, 1.165) is 35.1 Å². The van der Waals surface area contributed by atoms with Crippen LogP contribution in [0.3, 0.4) is 0 Å². The van der Waals surface area contributed by atoms with Crippen molar-refractivity contribution in [1.29, 1.82) is 0 Å². The molecule has 0 spiro atoms. The summed E-state index contributed by atoms with van der Waals surface area (Å²) >= 11 is 0. The first-order chi connectivity index (χ1) is 13.4. The third kappa shape index (κ3) is 3.04. The van der Waals surface area contributed by atoms with E-state index in [9.17, 15) is 0 Å². The minimum Gasteiger partial charge on any atom is -0.486 e. The molecular weight excluding hydrogens is 336 g/mol. The lowest BCUT2D eigenvalue weighted by Crippen LogP contribution is -2.46. The lowest BCUT2D eigenvalue weighted by molar-refractivity contribution is 0.171. The molecule has 3 aromatic carbocycles. The second-order valence-corrected chi connectivity index (χ2v) is 6.69. The summed E-state index contributed by atoms with van der Waals surface area (Å²) in [6.07, 6.45) is 0.910. The van der Waals surface area contributed by atoms with Crippen LogP contribution in [0.15, 0.2) is 83.9 Å². The van der Waals surface area contributed by atoms with Gasteiger partial charge in [0, 0.05) is 18.2 Å². The molecule has 1 unspecified atom stereocenters. The van der Waals surface area contributed by atoms with Crippen molar-refractivity contribution in [2.75, 3.05) is 18.1 Å². The van der Waals surface area contributed by atoms with E-state index >= 15 is 0 Å². The van der Waals surface area contributed by atoms with E-state index in [4.69, 9.17) is 14.5 Å². The smallest absolute Gasteiger partial charge is 0.163 e. The Hall–Kier alpha value is -3.27. The number of hydrogen-bond donors (Lipinski definition) is 0. The Bertz CT molecular complexity index is 970. The number of benzene rings is 3. The van der Waals surface area contributed by atoms with Gasteiger partial charge in [-0.15, -0.1) is 0 Å². The number of ether oxygens (including phenoxy) is 2. The van der Waals surface area contributed by atoms with Gasteiger partial charge in [-0.25, -0.2) is 4.99 Å². The van der Waals surface area contributed by atoms with Crippen LogP contribution < -0.4 is 14.4 Å². The molecule has 0 radical (unpaired) electrons. The van der Waals surface area contributed by atoms with Crippen molar-refractivity contribution >= 4 is 17.2 Å². The number of fused-ring (bicyclic) bond motifs is 1. The highest BCUT2D eigenvalue weighted by Crippen LogP contribution is 2.43. The molecule has 1 saturated heterocycles. The molecule has 27 heavy (non-hydrogen) atoms. The molecule has 4 nitrogen and oxygen atoms in total. The van der Waals surface area contributed by atoms with Crippen LogP contribution in [-0.2, 0) is 0 Å². The fraction of sp³-hybridized carbons (Fsp3) is 0.174. The van der Waals surface area contributed by atoms with Crippen LogP contribution in [0.25, 0.3) is 0 Å². The topological polar surface area (TPSA) is 34.1 Å². The first-order valence-corrected chi connectivity index (χ1v) is 9.25. The molecule has 2 heterocycles. The Morgan fingerprint density at radius 2 is 1.48 bits per heavy atom. The van der Waals surface area contributed by atoms with E-state index in [1.54, 1.807) is 0 Å². The van der Waals surface area contributed by atoms with E-state index in [-0.39, 0.29) is 6.04 Å². The Morgan fingerprint density at radius 1 is 0.778 bits per heavy atom. The maximum atomic E-state index is 5.79. The van der Waals surface area contributed by atoms with Gasteiger partial charge in [-0.2, -0.15) is 0 Å². The fourth-order valence-electron chi connectivity index (χ4n) is 3.63. The summed E-state index contributed by atoms with van der Waals surface area (Å²) in [6.45, 7) is 1.19. The predicted molar refractivity (Wildman–Crippen MR) is 107 cm³/mol. The number of rotatable bonds is 3. The van der Waals surface area contributed by atoms with Crippen molar-refractivity contribution in [3.63, 3.8) is 0 Å². The number of nitrogens with zero attached hydrogens (tertiary/aromatic N) is 2. The van der Waals surface area contributed by atoms with Crippen LogP contribution in [-0.4, -0.2) is 19.0 Å². The summed E-state index contributed by atoms with van der Waals surface area (Å²) in [7, 11) is 0. The van der Waals surface area contributed by atoms with Crippen molar-refractivity contribution in [2.45, 2.75) is 12.5 Å². The van der Waals surface area contributed by atoms with E-state index in [1.165, 1.54) is 5.56 Å². The molecular formula is C23H20N2O2. The van der Waals surface area contributed by atoms with Gasteiger partial charge < -0.3 is 14.4 Å². The number of anilines is 1. The van der Waals surface area contributed by atoms with Gasteiger partial charge in [0.1, 0.15) is 19.0 Å². The summed E-state index contributed by atoms with van der Waals surface area (Å²) in [5, 5.41) is 0. The SMILES string of the molecule is c1ccc(N=C2CC(c3ccccc3)N2c2ccc3c(c2)OCCO3)cc1. The third-order valence-corrected chi connectivity index (χ3v) is 4.97. The van der Waals surface area contributed by atoms with E-state index in [2.05, 4.69) is 47.4 Å². The zero-order valence-corrected chi connectivity index (χ0v) is 14.9. The van der Waals surface area contributed by atoms with Crippen molar-refractivity contribution < 1.29 is 9.47 Å². The van der Waals surface area contributed by atoms with Crippen LogP contribution in [0.5, 0.6) is 11.5 Å². The maximum Gasteiger partial charge on any atom is 0.163 e. The summed E-state index contributed by atoms with van der Waals surface area (Å²) in [5.41, 5.74) is 3.34. The Kier molecular flexibility index (Phi) is 4.02. The van der Waals surface area contributed by atoms with Crippen molar-refractivity contribution in [1.82, 2.24) is 0 Å². The lowest BCUT2D eigenvalue weighted by Gasteiger charge is -2.44. The number of aliphatic imine (C=N–C) groups is 1. The first kappa shape index (κ1) is 15.9. The Labute approximate surface area is 158 Å². The second kappa shape index (κ2) is 6.80. The van der Waals surface area contributed by atoms with Gasteiger partial charge >= 0.3 is 0 Å². The lowest BCUT2D eigenvalue weighted by atomic mass is 9.92. The molecule has 0 aliphatic carbocycles. The summed E-state index contributed by atoms with van der Waals surface area (Å²) in [5.74, 6) is 2.67. The van der Waals surface area contributed by atoms with Crippen molar-refractivity contribution in [2.24, 2.45) is 4.99 Å². The number of amidine groups is 1. The average Bonchev–Trinajstić information content (AvgIpc) is 2.72. The molecule has 2 aliphatic heterocycles. The molecule has 5 rings (SSSR count). The predicted octanol–water partition coefficient (Wildman–Crippen LogP) is 5.14. The largest absolute Gasteiger partial charge is 0.486 e. The van der Waals surface area contributed by atoms with Gasteiger partial charge in [-0.3, -0.25) is 0 Å². The Balaban J connectivity index is 1.53. The van der Waals surface area contributed by atoms with E-state index in [1.807, 2.05) is 36.4 Å². The second-order valence-electron chi connectivity index (χ2n) is 6.69. The minimum absolute atomic E-state index is 0.274. The molecule has 3 aromatic rings. The number of para-hydroxylation sites is 1. The minimum atomic E-state index is 0.274. The van der Waals surface area contributed by atoms with Gasteiger partial charge in [-0.05, 0) is 29.8 Å². The van der Waals surface area contributed by atoms with Crippen LogP contribution in [0, 0.1) is 0 Å². The monoisotopic (exact) mass is 356 g/mol. The normalized spacial score (nSPS) is 19.6. The highest BCUT2D eigenvalue weighted by Gasteiger charge is 2.37. The molecule has 0 bridgehead atoms. The first-order valence-electron chi connectivity index (χ1n) is 9.25.